The van der Waals surface area contributed by atoms with Crippen LogP contribution in [0.4, 0.5) is 0 Å². The topological polar surface area (TPSA) is 52.6 Å². The number of carbonyl (C=O) groups excluding carboxylic acids is 2. The third-order valence-electron chi connectivity index (χ3n) is 3.92. The van der Waals surface area contributed by atoms with Crippen LogP contribution >= 0.6 is 23.5 Å². The smallest absolute Gasteiger partial charge is 0.418 e. The summed E-state index contributed by atoms with van der Waals surface area (Å²) in [5.41, 5.74) is 1.76. The molecule has 136 valence electrons. The minimum atomic E-state index is -0.939. The molecule has 2 atom stereocenters. The molecule has 0 aromatic heterocycles. The molecule has 0 spiro atoms. The maximum absolute atomic E-state index is 12.3. The molecule has 0 bridgehead atoms. The molecule has 6 heteroatoms. The number of benzene rings is 2. The van der Waals surface area contributed by atoms with E-state index in [4.69, 9.17) is 9.47 Å². The Morgan fingerprint density at radius 3 is 1.42 bits per heavy atom. The summed E-state index contributed by atoms with van der Waals surface area (Å²) in [6.45, 7) is 0. The summed E-state index contributed by atoms with van der Waals surface area (Å²) < 4.78 is 10.9. The predicted octanol–water partition coefficient (Wildman–Crippen LogP) is 4.04. The standard InChI is InChI=1S/C20H20O4S2/c21-19-20(22)24-18(16-9-5-2-6-10-16)14-26-12-11-25-13-17(23-19)15-7-3-1-4-8-15/h1-10,17-18H,11-14H2. The van der Waals surface area contributed by atoms with Gasteiger partial charge in [-0.2, -0.15) is 23.5 Å². The van der Waals surface area contributed by atoms with Crippen LogP contribution in [0.1, 0.15) is 23.3 Å². The molecule has 0 amide bonds. The van der Waals surface area contributed by atoms with Crippen molar-refractivity contribution >= 4 is 35.5 Å². The second kappa shape index (κ2) is 9.69. The Kier molecular flexibility index (Phi) is 7.03. The van der Waals surface area contributed by atoms with Crippen molar-refractivity contribution in [3.8, 4) is 0 Å². The van der Waals surface area contributed by atoms with Gasteiger partial charge >= 0.3 is 11.9 Å². The van der Waals surface area contributed by atoms with Crippen LogP contribution in [0, 0.1) is 0 Å². The fraction of sp³-hybridized carbons (Fsp3) is 0.300. The zero-order valence-electron chi connectivity index (χ0n) is 14.2. The summed E-state index contributed by atoms with van der Waals surface area (Å²) in [5, 5.41) is 0. The highest BCUT2D eigenvalue weighted by molar-refractivity contribution is 8.02. The molecule has 4 nitrogen and oxygen atoms in total. The minimum absolute atomic E-state index is 0.458. The van der Waals surface area contributed by atoms with Gasteiger partial charge in [0.25, 0.3) is 0 Å². The van der Waals surface area contributed by atoms with E-state index in [2.05, 4.69) is 0 Å². The monoisotopic (exact) mass is 388 g/mol. The number of esters is 2. The van der Waals surface area contributed by atoms with Crippen LogP contribution in [0.25, 0.3) is 0 Å². The van der Waals surface area contributed by atoms with Crippen molar-refractivity contribution in [2.45, 2.75) is 12.2 Å². The van der Waals surface area contributed by atoms with Gasteiger partial charge in [0, 0.05) is 23.0 Å². The molecule has 26 heavy (non-hydrogen) atoms. The average Bonchev–Trinajstić information content (AvgIpc) is 2.68. The molecule has 1 heterocycles. The van der Waals surface area contributed by atoms with Gasteiger partial charge in [0.15, 0.2) is 0 Å². The van der Waals surface area contributed by atoms with Crippen LogP contribution in [0.2, 0.25) is 0 Å². The Morgan fingerprint density at radius 1 is 0.654 bits per heavy atom. The normalized spacial score (nSPS) is 22.5. The second-order valence-corrected chi connectivity index (χ2v) is 8.06. The fourth-order valence-electron chi connectivity index (χ4n) is 2.59. The van der Waals surface area contributed by atoms with E-state index in [0.717, 1.165) is 22.6 Å². The third kappa shape index (κ3) is 5.29. The number of cyclic esters (lactones) is 2. The number of hydrogen-bond donors (Lipinski definition) is 0. The van der Waals surface area contributed by atoms with Crippen LogP contribution in [0.5, 0.6) is 0 Å². The van der Waals surface area contributed by atoms with Gasteiger partial charge in [-0.15, -0.1) is 0 Å². The lowest BCUT2D eigenvalue weighted by Crippen LogP contribution is -2.26. The lowest BCUT2D eigenvalue weighted by Gasteiger charge is -2.21. The minimum Gasteiger partial charge on any atom is -0.448 e. The first-order valence-corrected chi connectivity index (χ1v) is 10.7. The largest absolute Gasteiger partial charge is 0.448 e. The van der Waals surface area contributed by atoms with Crippen LogP contribution in [-0.2, 0) is 19.1 Å². The van der Waals surface area contributed by atoms with Gasteiger partial charge in [-0.3, -0.25) is 0 Å². The summed E-state index contributed by atoms with van der Waals surface area (Å²) in [4.78, 5) is 24.6. The van der Waals surface area contributed by atoms with Crippen LogP contribution in [-0.4, -0.2) is 35.0 Å². The molecule has 1 aliphatic heterocycles. The summed E-state index contributed by atoms with van der Waals surface area (Å²) >= 11 is 3.44. The van der Waals surface area contributed by atoms with Gasteiger partial charge in [-0.25, -0.2) is 9.59 Å². The summed E-state index contributed by atoms with van der Waals surface area (Å²) in [6.07, 6.45) is -0.915. The molecule has 1 saturated heterocycles. The van der Waals surface area contributed by atoms with Gasteiger partial charge in [0.2, 0.25) is 0 Å². The lowest BCUT2D eigenvalue weighted by molar-refractivity contribution is -0.173. The number of ether oxygens (including phenoxy) is 2. The van der Waals surface area contributed by atoms with E-state index in [1.807, 2.05) is 60.7 Å². The Bertz CT molecular complexity index is 658. The molecule has 1 aliphatic rings. The maximum Gasteiger partial charge on any atom is 0.418 e. The number of thioether (sulfide) groups is 2. The van der Waals surface area contributed by atoms with Crippen LogP contribution in [0.15, 0.2) is 60.7 Å². The molecule has 2 aromatic rings. The molecule has 0 aliphatic carbocycles. The Morgan fingerprint density at radius 2 is 1.04 bits per heavy atom. The van der Waals surface area contributed by atoms with E-state index in [-0.39, 0.29) is 0 Å². The van der Waals surface area contributed by atoms with Gasteiger partial charge in [0.05, 0.1) is 0 Å². The maximum atomic E-state index is 12.3. The molecule has 0 N–H and O–H groups in total. The van der Waals surface area contributed by atoms with Crippen molar-refractivity contribution in [1.82, 2.24) is 0 Å². The van der Waals surface area contributed by atoms with Crippen molar-refractivity contribution in [2.24, 2.45) is 0 Å². The summed E-state index contributed by atoms with van der Waals surface area (Å²) in [6, 6.07) is 19.0. The van der Waals surface area contributed by atoms with Crippen molar-refractivity contribution in [1.29, 1.82) is 0 Å². The second-order valence-electron chi connectivity index (χ2n) is 5.76. The van der Waals surface area contributed by atoms with Crippen molar-refractivity contribution in [3.05, 3.63) is 71.8 Å². The Hall–Kier alpha value is -1.92. The molecular weight excluding hydrogens is 368 g/mol. The molecule has 1 fully saturated rings. The van der Waals surface area contributed by atoms with Gasteiger partial charge in [0.1, 0.15) is 12.2 Å². The fourth-order valence-corrected chi connectivity index (χ4v) is 4.81. The van der Waals surface area contributed by atoms with E-state index in [9.17, 15) is 9.59 Å². The molecule has 2 aromatic carbocycles. The van der Waals surface area contributed by atoms with Crippen LogP contribution < -0.4 is 0 Å². The Balaban J connectivity index is 1.75. The van der Waals surface area contributed by atoms with Crippen molar-refractivity contribution < 1.29 is 19.1 Å². The highest BCUT2D eigenvalue weighted by Gasteiger charge is 2.27. The number of rotatable bonds is 2. The quantitative estimate of drug-likeness (QED) is 0.572. The van der Waals surface area contributed by atoms with E-state index in [1.165, 1.54) is 0 Å². The number of hydrogen-bond acceptors (Lipinski definition) is 6. The van der Waals surface area contributed by atoms with Gasteiger partial charge in [-0.05, 0) is 11.1 Å². The highest BCUT2D eigenvalue weighted by Crippen LogP contribution is 2.27. The zero-order valence-corrected chi connectivity index (χ0v) is 15.8. The molecule has 3 rings (SSSR count). The average molecular weight is 389 g/mol. The van der Waals surface area contributed by atoms with E-state index < -0.39 is 24.1 Å². The lowest BCUT2D eigenvalue weighted by atomic mass is 10.1. The zero-order chi connectivity index (χ0) is 18.2. The van der Waals surface area contributed by atoms with Gasteiger partial charge in [-0.1, -0.05) is 60.7 Å². The highest BCUT2D eigenvalue weighted by atomic mass is 32.2. The van der Waals surface area contributed by atoms with Gasteiger partial charge < -0.3 is 9.47 Å². The number of carbonyl (C=O) groups is 2. The van der Waals surface area contributed by atoms with E-state index in [0.29, 0.717) is 11.5 Å². The first-order chi connectivity index (χ1) is 12.7. The third-order valence-corrected chi connectivity index (χ3v) is 6.24. The predicted molar refractivity (Wildman–Crippen MR) is 105 cm³/mol. The summed E-state index contributed by atoms with van der Waals surface area (Å²) in [7, 11) is 0. The first-order valence-electron chi connectivity index (χ1n) is 8.41. The van der Waals surface area contributed by atoms with E-state index in [1.54, 1.807) is 23.5 Å². The van der Waals surface area contributed by atoms with Crippen molar-refractivity contribution in [3.63, 3.8) is 0 Å². The molecule has 0 saturated carbocycles. The summed E-state index contributed by atoms with van der Waals surface area (Å²) in [5.74, 6) is 1.25. The Labute approximate surface area is 161 Å². The van der Waals surface area contributed by atoms with Crippen LogP contribution in [0.3, 0.4) is 0 Å². The first kappa shape index (κ1) is 18.9. The molecule has 0 radical (unpaired) electrons. The molecule has 2 unspecified atom stereocenters. The van der Waals surface area contributed by atoms with Crippen molar-refractivity contribution in [2.75, 3.05) is 23.0 Å². The SMILES string of the molecule is O=C1OC(c2ccccc2)CSCCSCC(c2ccccc2)OC1=O. The van der Waals surface area contributed by atoms with E-state index >= 15 is 0 Å². The molecular formula is C20H20O4S2.